The molecule has 1 rings (SSSR count). The minimum atomic E-state index is -1.15. The van der Waals surface area contributed by atoms with Crippen molar-refractivity contribution in [1.82, 2.24) is 10.6 Å². The molecule has 0 aromatic heterocycles. The first kappa shape index (κ1) is 19.8. The first-order chi connectivity index (χ1) is 11.3. The van der Waals surface area contributed by atoms with E-state index >= 15 is 0 Å². The molecule has 9 heteroatoms. The summed E-state index contributed by atoms with van der Waals surface area (Å²) in [6.07, 6.45) is -1.15. The minimum Gasteiger partial charge on any atom is -0.492 e. The highest BCUT2D eigenvalue weighted by Gasteiger charge is 2.22. The van der Waals surface area contributed by atoms with Crippen molar-refractivity contribution in [3.8, 4) is 11.5 Å². The molecule has 3 amide bonds. The third kappa shape index (κ3) is 5.12. The van der Waals surface area contributed by atoms with E-state index in [1.54, 1.807) is 6.92 Å². The number of imide groups is 1. The molecule has 24 heavy (non-hydrogen) atoms. The fourth-order valence-electron chi connectivity index (χ4n) is 1.71. The smallest absolute Gasteiger partial charge is 0.339 e. The van der Waals surface area contributed by atoms with Crippen LogP contribution >= 0.6 is 15.9 Å². The quantitative estimate of drug-likeness (QED) is 0.703. The lowest BCUT2D eigenvalue weighted by molar-refractivity contribution is -0.127. The van der Waals surface area contributed by atoms with E-state index in [0.29, 0.717) is 22.6 Å². The monoisotopic (exact) mass is 402 g/mol. The van der Waals surface area contributed by atoms with Gasteiger partial charge in [0, 0.05) is 7.05 Å². The van der Waals surface area contributed by atoms with Crippen LogP contribution in [-0.2, 0) is 9.53 Å². The molecular weight excluding hydrogens is 384 g/mol. The maximum absolute atomic E-state index is 12.2. The highest BCUT2D eigenvalue weighted by atomic mass is 79.9. The zero-order valence-corrected chi connectivity index (χ0v) is 15.4. The minimum absolute atomic E-state index is 0.172. The maximum atomic E-state index is 12.2. The fourth-order valence-corrected chi connectivity index (χ4v) is 2.31. The molecule has 0 unspecified atom stereocenters. The summed E-state index contributed by atoms with van der Waals surface area (Å²) in [7, 11) is 2.84. The Morgan fingerprint density at radius 3 is 2.50 bits per heavy atom. The second-order valence-corrected chi connectivity index (χ2v) is 5.39. The lowest BCUT2D eigenvalue weighted by Crippen LogP contribution is -2.43. The van der Waals surface area contributed by atoms with Crippen molar-refractivity contribution in [1.29, 1.82) is 0 Å². The molecule has 0 heterocycles. The van der Waals surface area contributed by atoms with Gasteiger partial charge in [-0.05, 0) is 41.9 Å². The predicted molar refractivity (Wildman–Crippen MR) is 89.3 cm³/mol. The summed E-state index contributed by atoms with van der Waals surface area (Å²) in [5, 5.41) is 4.26. The van der Waals surface area contributed by atoms with Crippen molar-refractivity contribution in [3.05, 3.63) is 22.2 Å². The van der Waals surface area contributed by atoms with Gasteiger partial charge in [0.1, 0.15) is 0 Å². The lowest BCUT2D eigenvalue weighted by Gasteiger charge is -2.15. The van der Waals surface area contributed by atoms with Crippen molar-refractivity contribution in [2.24, 2.45) is 0 Å². The van der Waals surface area contributed by atoms with Gasteiger partial charge in [0.25, 0.3) is 5.91 Å². The van der Waals surface area contributed by atoms with Crippen molar-refractivity contribution in [2.75, 3.05) is 20.8 Å². The summed E-state index contributed by atoms with van der Waals surface area (Å²) in [6, 6.07) is 2.26. The molecule has 1 aromatic carbocycles. The number of rotatable bonds is 6. The van der Waals surface area contributed by atoms with Crippen LogP contribution < -0.4 is 20.1 Å². The molecule has 2 N–H and O–H groups in total. The second-order valence-electron chi connectivity index (χ2n) is 4.54. The number of carbonyl (C=O) groups excluding carboxylic acids is 3. The Morgan fingerprint density at radius 1 is 1.29 bits per heavy atom. The average molecular weight is 403 g/mol. The third-order valence-corrected chi connectivity index (χ3v) is 3.46. The zero-order chi connectivity index (χ0) is 18.3. The van der Waals surface area contributed by atoms with Crippen molar-refractivity contribution >= 4 is 33.8 Å². The Labute approximate surface area is 148 Å². The molecule has 8 nitrogen and oxygen atoms in total. The summed E-state index contributed by atoms with van der Waals surface area (Å²) in [4.78, 5) is 35.0. The van der Waals surface area contributed by atoms with Crippen LogP contribution in [0, 0.1) is 0 Å². The van der Waals surface area contributed by atoms with E-state index in [2.05, 4.69) is 21.2 Å². The highest BCUT2D eigenvalue weighted by Crippen LogP contribution is 2.36. The molecule has 0 aliphatic heterocycles. The van der Waals surface area contributed by atoms with Gasteiger partial charge in [-0.15, -0.1) is 0 Å². The maximum Gasteiger partial charge on any atom is 0.339 e. The summed E-state index contributed by atoms with van der Waals surface area (Å²) in [6.45, 7) is 3.54. The van der Waals surface area contributed by atoms with Crippen molar-refractivity contribution in [3.63, 3.8) is 0 Å². The number of esters is 1. The fraction of sp³-hybridized carbons (Fsp3) is 0.400. The van der Waals surface area contributed by atoms with Gasteiger partial charge in [-0.2, -0.15) is 0 Å². The second kappa shape index (κ2) is 9.11. The topological polar surface area (TPSA) is 103 Å². The number of urea groups is 1. The molecule has 0 aliphatic rings. The zero-order valence-electron chi connectivity index (χ0n) is 13.8. The van der Waals surface area contributed by atoms with Crippen LogP contribution in [-0.4, -0.2) is 44.8 Å². The highest BCUT2D eigenvalue weighted by molar-refractivity contribution is 9.10. The Balaban J connectivity index is 2.91. The van der Waals surface area contributed by atoms with Gasteiger partial charge in [-0.3, -0.25) is 10.1 Å². The predicted octanol–water partition coefficient (Wildman–Crippen LogP) is 1.86. The molecule has 0 fully saturated rings. The molecule has 0 radical (unpaired) electrons. The number of amides is 3. The van der Waals surface area contributed by atoms with E-state index in [1.165, 1.54) is 33.2 Å². The standard InChI is InChI=1S/C15H19BrN2O6/c1-5-23-11-7-9(6-10(16)12(11)22-4)14(20)24-8(2)13(19)18-15(21)17-3/h6-8H,5H2,1-4H3,(H2,17,18,19,21)/t8-/m0/s1. The molecule has 1 atom stereocenters. The Hall–Kier alpha value is -2.29. The van der Waals surface area contributed by atoms with Gasteiger partial charge in [-0.25, -0.2) is 9.59 Å². The largest absolute Gasteiger partial charge is 0.492 e. The number of ether oxygens (including phenoxy) is 3. The summed E-state index contributed by atoms with van der Waals surface area (Å²) >= 11 is 3.29. The van der Waals surface area contributed by atoms with Crippen LogP contribution in [0.3, 0.4) is 0 Å². The van der Waals surface area contributed by atoms with E-state index in [1.807, 2.05) is 5.32 Å². The van der Waals surface area contributed by atoms with Gasteiger partial charge in [0.15, 0.2) is 17.6 Å². The number of methoxy groups -OCH3 is 1. The van der Waals surface area contributed by atoms with Gasteiger partial charge in [0.05, 0.1) is 23.8 Å². The molecule has 0 spiro atoms. The summed E-state index contributed by atoms with van der Waals surface area (Å²) < 4.78 is 16.2. The number of benzene rings is 1. The molecule has 0 saturated carbocycles. The summed E-state index contributed by atoms with van der Waals surface area (Å²) in [5.74, 6) is -0.665. The molecule has 1 aromatic rings. The van der Waals surface area contributed by atoms with Crippen molar-refractivity contribution in [2.45, 2.75) is 20.0 Å². The van der Waals surface area contributed by atoms with Crippen LogP contribution in [0.2, 0.25) is 0 Å². The van der Waals surface area contributed by atoms with Crippen LogP contribution in [0.25, 0.3) is 0 Å². The molecule has 0 bridgehead atoms. The van der Waals surface area contributed by atoms with E-state index < -0.39 is 24.0 Å². The number of hydrogen-bond donors (Lipinski definition) is 2. The van der Waals surface area contributed by atoms with Crippen LogP contribution in [0.15, 0.2) is 16.6 Å². The SMILES string of the molecule is CCOc1cc(C(=O)O[C@@H](C)C(=O)NC(=O)NC)cc(Br)c1OC. The molecule has 0 aliphatic carbocycles. The third-order valence-electron chi connectivity index (χ3n) is 2.87. The molecule has 0 saturated heterocycles. The number of nitrogens with one attached hydrogen (secondary N) is 2. The Bertz CT molecular complexity index is 635. The summed E-state index contributed by atoms with van der Waals surface area (Å²) in [5.41, 5.74) is 0.172. The molecule has 132 valence electrons. The van der Waals surface area contributed by atoms with E-state index in [0.717, 1.165) is 0 Å². The van der Waals surface area contributed by atoms with E-state index in [4.69, 9.17) is 14.2 Å². The normalized spacial score (nSPS) is 11.2. The molecular formula is C15H19BrN2O6. The average Bonchev–Trinajstić information content (AvgIpc) is 2.54. The lowest BCUT2D eigenvalue weighted by atomic mass is 10.2. The van der Waals surface area contributed by atoms with Crippen LogP contribution in [0.5, 0.6) is 11.5 Å². The Morgan fingerprint density at radius 2 is 1.96 bits per heavy atom. The van der Waals surface area contributed by atoms with Crippen LogP contribution in [0.1, 0.15) is 24.2 Å². The number of carbonyl (C=O) groups is 3. The van der Waals surface area contributed by atoms with Crippen molar-refractivity contribution < 1.29 is 28.6 Å². The number of hydrogen-bond acceptors (Lipinski definition) is 6. The van der Waals surface area contributed by atoms with Crippen LogP contribution in [0.4, 0.5) is 4.79 Å². The number of halogens is 1. The van der Waals surface area contributed by atoms with Gasteiger partial charge < -0.3 is 19.5 Å². The van der Waals surface area contributed by atoms with E-state index in [9.17, 15) is 14.4 Å². The van der Waals surface area contributed by atoms with Gasteiger partial charge >= 0.3 is 12.0 Å². The van der Waals surface area contributed by atoms with Gasteiger partial charge in [0.2, 0.25) is 0 Å². The van der Waals surface area contributed by atoms with Gasteiger partial charge in [-0.1, -0.05) is 0 Å². The first-order valence-corrected chi connectivity index (χ1v) is 7.87. The first-order valence-electron chi connectivity index (χ1n) is 7.07. The Kier molecular flexibility index (Phi) is 7.50. The van der Waals surface area contributed by atoms with E-state index in [-0.39, 0.29) is 5.56 Å².